The second-order valence-electron chi connectivity index (χ2n) is 4.66. The minimum Gasteiger partial charge on any atom is -0.496 e. The van der Waals surface area contributed by atoms with Crippen LogP contribution in [0.1, 0.15) is 26.4 Å². The molecule has 0 unspecified atom stereocenters. The Labute approximate surface area is 128 Å². The van der Waals surface area contributed by atoms with Crippen LogP contribution in [0.2, 0.25) is 0 Å². The van der Waals surface area contributed by atoms with Crippen LogP contribution in [0.15, 0.2) is 35.2 Å². The maximum Gasteiger partial charge on any atom is 0.213 e. The van der Waals surface area contributed by atoms with Crippen molar-refractivity contribution < 1.29 is 9.53 Å². The summed E-state index contributed by atoms with van der Waals surface area (Å²) in [5.41, 5.74) is 2.82. The molecule has 4 heteroatoms. The fourth-order valence-corrected chi connectivity index (χ4v) is 2.91. The summed E-state index contributed by atoms with van der Waals surface area (Å²) in [7, 11) is 1.61. The first-order valence-electron chi connectivity index (χ1n) is 6.42. The average Bonchev–Trinajstić information content (AvgIpc) is 2.90. The molecule has 0 N–H and O–H groups in total. The molecule has 0 aliphatic carbocycles. The minimum absolute atomic E-state index is 0.144. The minimum atomic E-state index is -0.224. The van der Waals surface area contributed by atoms with Gasteiger partial charge in [0, 0.05) is 0 Å². The molecule has 0 radical (unpaired) electrons. The highest BCUT2D eigenvalue weighted by molar-refractivity contribution is 7.12. The summed E-state index contributed by atoms with van der Waals surface area (Å²) in [6, 6.07) is 9.44. The fourth-order valence-electron chi connectivity index (χ4n) is 2.03. The molecule has 21 heavy (non-hydrogen) atoms. The molecule has 0 fully saturated rings. The van der Waals surface area contributed by atoms with Gasteiger partial charge < -0.3 is 4.74 Å². The molecule has 2 aromatic rings. The first-order chi connectivity index (χ1) is 10.1. The standard InChI is InChI=1S/C17H15NO2S/c1-11-6-7-21-17(11)16(19)14(10-18)9-13-4-5-15(20-3)12(2)8-13/h4-9H,1-3H3. The average molecular weight is 297 g/mol. The smallest absolute Gasteiger partial charge is 0.213 e. The summed E-state index contributed by atoms with van der Waals surface area (Å²) in [4.78, 5) is 13.0. The summed E-state index contributed by atoms with van der Waals surface area (Å²) in [6.45, 7) is 3.80. The van der Waals surface area contributed by atoms with Gasteiger partial charge in [-0.05, 0) is 60.2 Å². The van der Waals surface area contributed by atoms with E-state index in [1.54, 1.807) is 13.2 Å². The molecule has 106 valence electrons. The molecule has 0 saturated carbocycles. The van der Waals surface area contributed by atoms with Gasteiger partial charge in [0.25, 0.3) is 0 Å². The van der Waals surface area contributed by atoms with Crippen molar-refractivity contribution in [1.82, 2.24) is 0 Å². The molecule has 0 saturated heterocycles. The number of carbonyl (C=O) groups is 1. The number of allylic oxidation sites excluding steroid dienone is 1. The zero-order valence-corrected chi connectivity index (χ0v) is 13.0. The summed E-state index contributed by atoms with van der Waals surface area (Å²) in [5.74, 6) is 0.560. The van der Waals surface area contributed by atoms with Gasteiger partial charge in [-0.25, -0.2) is 0 Å². The maximum absolute atomic E-state index is 12.4. The second kappa shape index (κ2) is 6.38. The first kappa shape index (κ1) is 15.0. The van der Waals surface area contributed by atoms with Gasteiger partial charge in [-0.1, -0.05) is 6.07 Å². The number of nitrogens with zero attached hydrogens (tertiary/aromatic N) is 1. The van der Waals surface area contributed by atoms with Gasteiger partial charge in [0.05, 0.1) is 12.0 Å². The molecule has 3 nitrogen and oxygen atoms in total. The Morgan fingerprint density at radius 2 is 2.05 bits per heavy atom. The van der Waals surface area contributed by atoms with Crippen molar-refractivity contribution in [3.05, 3.63) is 56.8 Å². The number of carbonyl (C=O) groups excluding carboxylic acids is 1. The molecule has 0 bridgehead atoms. The van der Waals surface area contributed by atoms with E-state index >= 15 is 0 Å². The molecular weight excluding hydrogens is 282 g/mol. The lowest BCUT2D eigenvalue weighted by Gasteiger charge is -2.05. The highest BCUT2D eigenvalue weighted by Gasteiger charge is 2.15. The Hall–Kier alpha value is -2.38. The van der Waals surface area contributed by atoms with Crippen LogP contribution in [0.25, 0.3) is 6.08 Å². The van der Waals surface area contributed by atoms with E-state index in [0.717, 1.165) is 22.4 Å². The Morgan fingerprint density at radius 1 is 1.29 bits per heavy atom. The predicted molar refractivity (Wildman–Crippen MR) is 84.7 cm³/mol. The highest BCUT2D eigenvalue weighted by atomic mass is 32.1. The number of thiophene rings is 1. The van der Waals surface area contributed by atoms with Crippen LogP contribution in [0.3, 0.4) is 0 Å². The lowest BCUT2D eigenvalue weighted by atomic mass is 10.0. The molecule has 0 spiro atoms. The number of nitriles is 1. The molecule has 0 aliphatic heterocycles. The Balaban J connectivity index is 2.38. The summed E-state index contributed by atoms with van der Waals surface area (Å²) >= 11 is 1.36. The summed E-state index contributed by atoms with van der Waals surface area (Å²) < 4.78 is 5.20. The molecule has 1 aromatic heterocycles. The molecular formula is C17H15NO2S. The lowest BCUT2D eigenvalue weighted by Crippen LogP contribution is -2.01. The van der Waals surface area contributed by atoms with Crippen LogP contribution in [0.5, 0.6) is 5.75 Å². The van der Waals surface area contributed by atoms with E-state index < -0.39 is 0 Å². The van der Waals surface area contributed by atoms with E-state index in [2.05, 4.69) is 0 Å². The lowest BCUT2D eigenvalue weighted by molar-refractivity contribution is 0.104. The molecule has 0 aliphatic rings. The number of aryl methyl sites for hydroxylation is 2. The van der Waals surface area contributed by atoms with E-state index in [1.165, 1.54) is 11.3 Å². The monoisotopic (exact) mass is 297 g/mol. The number of Topliss-reactive ketones (excluding diaryl/α,β-unsaturated/α-hetero) is 1. The predicted octanol–water partition coefficient (Wildman–Crippen LogP) is 4.16. The van der Waals surface area contributed by atoms with Gasteiger partial charge in [0.15, 0.2) is 0 Å². The van der Waals surface area contributed by atoms with E-state index in [1.807, 2.05) is 49.6 Å². The summed E-state index contributed by atoms with van der Waals surface area (Å²) in [6.07, 6.45) is 1.62. The van der Waals surface area contributed by atoms with Crippen LogP contribution >= 0.6 is 11.3 Å². The van der Waals surface area contributed by atoms with Crippen LogP contribution in [-0.2, 0) is 0 Å². The van der Waals surface area contributed by atoms with Crippen molar-refractivity contribution in [3.8, 4) is 11.8 Å². The number of hydrogen-bond donors (Lipinski definition) is 0. The van der Waals surface area contributed by atoms with Crippen molar-refractivity contribution in [2.45, 2.75) is 13.8 Å². The molecule has 0 amide bonds. The van der Waals surface area contributed by atoms with Crippen molar-refractivity contribution >= 4 is 23.2 Å². The normalized spacial score (nSPS) is 11.0. The third-order valence-electron chi connectivity index (χ3n) is 3.16. The molecule has 1 aromatic carbocycles. The number of ketones is 1. The van der Waals surface area contributed by atoms with Gasteiger partial charge in [0.1, 0.15) is 17.4 Å². The Bertz CT molecular complexity index is 750. The Kier molecular flexibility index (Phi) is 4.56. The quantitative estimate of drug-likeness (QED) is 0.483. The van der Waals surface area contributed by atoms with Gasteiger partial charge >= 0.3 is 0 Å². The van der Waals surface area contributed by atoms with Gasteiger partial charge in [-0.3, -0.25) is 4.79 Å². The molecule has 0 atom stereocenters. The van der Waals surface area contributed by atoms with Crippen molar-refractivity contribution in [2.75, 3.05) is 7.11 Å². The zero-order chi connectivity index (χ0) is 15.4. The van der Waals surface area contributed by atoms with Crippen LogP contribution in [0, 0.1) is 25.2 Å². The summed E-state index contributed by atoms with van der Waals surface area (Å²) in [5, 5.41) is 11.1. The number of benzene rings is 1. The largest absolute Gasteiger partial charge is 0.496 e. The van der Waals surface area contributed by atoms with Crippen LogP contribution in [0.4, 0.5) is 0 Å². The van der Waals surface area contributed by atoms with Crippen molar-refractivity contribution in [1.29, 1.82) is 5.26 Å². The molecule has 1 heterocycles. The van der Waals surface area contributed by atoms with Crippen molar-refractivity contribution in [3.63, 3.8) is 0 Å². The van der Waals surface area contributed by atoms with E-state index in [-0.39, 0.29) is 11.4 Å². The number of ether oxygens (including phenoxy) is 1. The van der Waals surface area contributed by atoms with E-state index in [0.29, 0.717) is 4.88 Å². The highest BCUT2D eigenvalue weighted by Crippen LogP contribution is 2.23. The maximum atomic E-state index is 12.4. The fraction of sp³-hybridized carbons (Fsp3) is 0.176. The van der Waals surface area contributed by atoms with E-state index in [9.17, 15) is 10.1 Å². The second-order valence-corrected chi connectivity index (χ2v) is 5.58. The number of rotatable bonds is 4. The van der Waals surface area contributed by atoms with Crippen molar-refractivity contribution in [2.24, 2.45) is 0 Å². The van der Waals surface area contributed by atoms with E-state index in [4.69, 9.17) is 4.74 Å². The van der Waals surface area contributed by atoms with Gasteiger partial charge in [0.2, 0.25) is 5.78 Å². The third-order valence-corrected chi connectivity index (χ3v) is 4.18. The number of hydrogen-bond acceptors (Lipinski definition) is 4. The van der Waals surface area contributed by atoms with Crippen LogP contribution < -0.4 is 4.74 Å². The van der Waals surface area contributed by atoms with Gasteiger partial charge in [-0.15, -0.1) is 11.3 Å². The van der Waals surface area contributed by atoms with Crippen LogP contribution in [-0.4, -0.2) is 12.9 Å². The zero-order valence-electron chi connectivity index (χ0n) is 12.1. The molecule has 2 rings (SSSR count). The Morgan fingerprint density at radius 3 is 2.57 bits per heavy atom. The topological polar surface area (TPSA) is 50.1 Å². The first-order valence-corrected chi connectivity index (χ1v) is 7.30. The number of methoxy groups -OCH3 is 1. The SMILES string of the molecule is COc1ccc(C=C(C#N)C(=O)c2sccc2C)cc1C. The van der Waals surface area contributed by atoms with Gasteiger partial charge in [-0.2, -0.15) is 5.26 Å². The third kappa shape index (κ3) is 3.21.